The second kappa shape index (κ2) is 2.99. The molecule has 0 saturated carbocycles. The highest BCUT2D eigenvalue weighted by molar-refractivity contribution is 5.42. The zero-order chi connectivity index (χ0) is 9.26. The minimum atomic E-state index is 0.206. The molecular formula is C8H9N5. The van der Waals surface area contributed by atoms with Crippen LogP contribution in [0.4, 0.5) is 5.82 Å². The molecule has 1 fully saturated rings. The van der Waals surface area contributed by atoms with Crippen molar-refractivity contribution in [2.45, 2.75) is 6.04 Å². The number of nitrogens with two attached hydrogens (primary N) is 1. The van der Waals surface area contributed by atoms with Crippen molar-refractivity contribution in [2.75, 3.05) is 18.0 Å². The van der Waals surface area contributed by atoms with E-state index < -0.39 is 0 Å². The molecule has 1 aromatic rings. The molecule has 2 rings (SSSR count). The first-order valence-electron chi connectivity index (χ1n) is 4.03. The summed E-state index contributed by atoms with van der Waals surface area (Å²) in [5.41, 5.74) is 5.63. The van der Waals surface area contributed by atoms with Gasteiger partial charge in [-0.2, -0.15) is 5.26 Å². The summed E-state index contributed by atoms with van der Waals surface area (Å²) < 4.78 is 0. The summed E-state index contributed by atoms with van der Waals surface area (Å²) in [4.78, 5) is 9.85. The quantitative estimate of drug-likeness (QED) is 0.622. The lowest BCUT2D eigenvalue weighted by molar-refractivity contribution is 0.514. The van der Waals surface area contributed by atoms with Gasteiger partial charge in [-0.1, -0.05) is 0 Å². The summed E-state index contributed by atoms with van der Waals surface area (Å²) in [5.74, 6) is 0.992. The SMILES string of the molecule is N#Cc1nccc(N2CC(N)C2)n1. The maximum atomic E-state index is 8.57. The lowest BCUT2D eigenvalue weighted by Crippen LogP contribution is -2.56. The molecule has 2 heterocycles. The maximum absolute atomic E-state index is 8.57. The van der Waals surface area contributed by atoms with Crippen LogP contribution < -0.4 is 10.6 Å². The standard InChI is InChI=1S/C8H9N5/c9-3-7-11-2-1-8(12-7)13-4-6(10)5-13/h1-2,6H,4-5,10H2. The number of aromatic nitrogens is 2. The first kappa shape index (κ1) is 7.95. The molecule has 5 heteroatoms. The topological polar surface area (TPSA) is 78.8 Å². The molecule has 1 saturated heterocycles. The van der Waals surface area contributed by atoms with Crippen molar-refractivity contribution in [3.63, 3.8) is 0 Å². The van der Waals surface area contributed by atoms with E-state index in [0.29, 0.717) is 0 Å². The molecule has 0 amide bonds. The molecule has 66 valence electrons. The molecule has 0 bridgehead atoms. The summed E-state index contributed by atoms with van der Waals surface area (Å²) in [6, 6.07) is 3.92. The molecule has 0 unspecified atom stereocenters. The summed E-state index contributed by atoms with van der Waals surface area (Å²) in [5, 5.41) is 8.57. The predicted octanol–water partition coefficient (Wildman–Crippen LogP) is -0.504. The Bertz CT molecular complexity index is 350. The number of nitriles is 1. The molecule has 1 aliphatic heterocycles. The summed E-state index contributed by atoms with van der Waals surface area (Å²) >= 11 is 0. The lowest BCUT2D eigenvalue weighted by atomic mass is 10.1. The van der Waals surface area contributed by atoms with Gasteiger partial charge < -0.3 is 10.6 Å². The van der Waals surface area contributed by atoms with Crippen LogP contribution in [0.3, 0.4) is 0 Å². The Morgan fingerprint density at radius 3 is 3.00 bits per heavy atom. The van der Waals surface area contributed by atoms with Crippen LogP contribution in [-0.4, -0.2) is 29.1 Å². The third-order valence-electron chi connectivity index (χ3n) is 1.97. The maximum Gasteiger partial charge on any atom is 0.234 e. The fourth-order valence-electron chi connectivity index (χ4n) is 1.28. The normalized spacial score (nSPS) is 16.5. The molecule has 0 atom stereocenters. The number of rotatable bonds is 1. The largest absolute Gasteiger partial charge is 0.353 e. The van der Waals surface area contributed by atoms with E-state index in [4.69, 9.17) is 11.0 Å². The van der Waals surface area contributed by atoms with Crippen LogP contribution in [0.15, 0.2) is 12.3 Å². The fourth-order valence-corrected chi connectivity index (χ4v) is 1.28. The molecule has 0 aromatic carbocycles. The van der Waals surface area contributed by atoms with Gasteiger partial charge in [0.1, 0.15) is 11.9 Å². The number of hydrogen-bond acceptors (Lipinski definition) is 5. The molecule has 5 nitrogen and oxygen atoms in total. The van der Waals surface area contributed by atoms with Crippen LogP contribution in [0.5, 0.6) is 0 Å². The Morgan fingerprint density at radius 1 is 1.62 bits per heavy atom. The molecule has 13 heavy (non-hydrogen) atoms. The number of anilines is 1. The highest BCUT2D eigenvalue weighted by atomic mass is 15.3. The third-order valence-corrected chi connectivity index (χ3v) is 1.97. The first-order chi connectivity index (χ1) is 6.29. The lowest BCUT2D eigenvalue weighted by Gasteiger charge is -2.37. The van der Waals surface area contributed by atoms with Crippen LogP contribution >= 0.6 is 0 Å². The van der Waals surface area contributed by atoms with Gasteiger partial charge in [-0.05, 0) is 6.07 Å². The van der Waals surface area contributed by atoms with Crippen molar-refractivity contribution in [3.8, 4) is 6.07 Å². The average molecular weight is 175 g/mol. The van der Waals surface area contributed by atoms with Gasteiger partial charge >= 0.3 is 0 Å². The Labute approximate surface area is 75.8 Å². The van der Waals surface area contributed by atoms with Gasteiger partial charge in [0.05, 0.1) is 0 Å². The molecule has 1 aromatic heterocycles. The van der Waals surface area contributed by atoms with Gasteiger partial charge in [-0.25, -0.2) is 9.97 Å². The molecule has 0 aliphatic carbocycles. The Hall–Kier alpha value is -1.67. The first-order valence-corrected chi connectivity index (χ1v) is 4.03. The van der Waals surface area contributed by atoms with E-state index in [1.54, 1.807) is 12.3 Å². The molecule has 0 radical (unpaired) electrons. The van der Waals surface area contributed by atoms with Crippen LogP contribution in [0.25, 0.3) is 0 Å². The van der Waals surface area contributed by atoms with Crippen LogP contribution in [0.2, 0.25) is 0 Å². The molecular weight excluding hydrogens is 166 g/mol. The van der Waals surface area contributed by atoms with E-state index in [1.807, 2.05) is 11.0 Å². The highest BCUT2D eigenvalue weighted by Crippen LogP contribution is 2.16. The second-order valence-electron chi connectivity index (χ2n) is 3.02. The minimum Gasteiger partial charge on any atom is -0.353 e. The second-order valence-corrected chi connectivity index (χ2v) is 3.02. The van der Waals surface area contributed by atoms with Crippen molar-refractivity contribution in [1.82, 2.24) is 9.97 Å². The van der Waals surface area contributed by atoms with Crippen molar-refractivity contribution in [1.29, 1.82) is 5.26 Å². The monoisotopic (exact) mass is 175 g/mol. The Kier molecular flexibility index (Phi) is 1.83. The van der Waals surface area contributed by atoms with Crippen molar-refractivity contribution in [2.24, 2.45) is 5.73 Å². The van der Waals surface area contributed by atoms with E-state index >= 15 is 0 Å². The van der Waals surface area contributed by atoms with Crippen molar-refractivity contribution in [3.05, 3.63) is 18.1 Å². The fraction of sp³-hybridized carbons (Fsp3) is 0.375. The van der Waals surface area contributed by atoms with Crippen LogP contribution in [0.1, 0.15) is 5.82 Å². The van der Waals surface area contributed by atoms with E-state index in [9.17, 15) is 0 Å². The van der Waals surface area contributed by atoms with E-state index in [1.165, 1.54) is 0 Å². The Morgan fingerprint density at radius 2 is 2.38 bits per heavy atom. The van der Waals surface area contributed by atoms with E-state index in [-0.39, 0.29) is 11.9 Å². The van der Waals surface area contributed by atoms with Gasteiger partial charge in [0.2, 0.25) is 5.82 Å². The molecule has 0 spiro atoms. The highest BCUT2D eigenvalue weighted by Gasteiger charge is 2.24. The smallest absolute Gasteiger partial charge is 0.234 e. The van der Waals surface area contributed by atoms with Crippen molar-refractivity contribution >= 4 is 5.82 Å². The third kappa shape index (κ3) is 1.44. The summed E-state index contributed by atoms with van der Waals surface area (Å²) in [7, 11) is 0. The van der Waals surface area contributed by atoms with Crippen molar-refractivity contribution < 1.29 is 0 Å². The summed E-state index contributed by atoms with van der Waals surface area (Å²) in [6.07, 6.45) is 1.59. The minimum absolute atomic E-state index is 0.206. The van der Waals surface area contributed by atoms with Gasteiger partial charge in [0.15, 0.2) is 0 Å². The molecule has 1 aliphatic rings. The van der Waals surface area contributed by atoms with Crippen LogP contribution in [-0.2, 0) is 0 Å². The summed E-state index contributed by atoms with van der Waals surface area (Å²) in [6.45, 7) is 1.61. The average Bonchev–Trinajstić information content (AvgIpc) is 2.13. The molecule has 2 N–H and O–H groups in total. The van der Waals surface area contributed by atoms with Crippen LogP contribution in [0, 0.1) is 11.3 Å². The van der Waals surface area contributed by atoms with Gasteiger partial charge in [0, 0.05) is 25.3 Å². The predicted molar refractivity (Wildman–Crippen MR) is 46.9 cm³/mol. The van der Waals surface area contributed by atoms with Gasteiger partial charge in [0.25, 0.3) is 0 Å². The Balaban J connectivity index is 2.18. The van der Waals surface area contributed by atoms with E-state index in [2.05, 4.69) is 9.97 Å². The number of nitrogens with zero attached hydrogens (tertiary/aromatic N) is 4. The van der Waals surface area contributed by atoms with Gasteiger partial charge in [-0.15, -0.1) is 0 Å². The number of hydrogen-bond donors (Lipinski definition) is 1. The zero-order valence-electron chi connectivity index (χ0n) is 7.01. The van der Waals surface area contributed by atoms with Gasteiger partial charge in [-0.3, -0.25) is 0 Å². The van der Waals surface area contributed by atoms with E-state index in [0.717, 1.165) is 18.9 Å². The zero-order valence-corrected chi connectivity index (χ0v) is 7.01.